The van der Waals surface area contributed by atoms with Crippen LogP contribution in [-0.4, -0.2) is 21.1 Å². The van der Waals surface area contributed by atoms with Crippen LogP contribution in [0.4, 0.5) is 5.13 Å². The van der Waals surface area contributed by atoms with Crippen molar-refractivity contribution in [1.82, 2.24) is 15.2 Å². The van der Waals surface area contributed by atoms with E-state index in [1.54, 1.807) is 0 Å². The molecule has 90 valence electrons. The summed E-state index contributed by atoms with van der Waals surface area (Å²) in [6, 6.07) is 0. The predicted molar refractivity (Wildman–Crippen MR) is 65.0 cm³/mol. The van der Waals surface area contributed by atoms with E-state index >= 15 is 0 Å². The lowest BCUT2D eigenvalue weighted by molar-refractivity contribution is -0.114. The summed E-state index contributed by atoms with van der Waals surface area (Å²) in [5, 5.41) is 10.9. The zero-order valence-corrected chi connectivity index (χ0v) is 10.9. The summed E-state index contributed by atoms with van der Waals surface area (Å²) >= 11 is 2.85. The van der Waals surface area contributed by atoms with E-state index in [0.717, 1.165) is 15.8 Å². The van der Waals surface area contributed by atoms with E-state index in [1.807, 2.05) is 6.92 Å². The number of amides is 1. The Morgan fingerprint density at radius 1 is 1.59 bits per heavy atom. The van der Waals surface area contributed by atoms with Crippen LogP contribution in [0.25, 0.3) is 0 Å². The molecule has 17 heavy (non-hydrogen) atoms. The second-order valence-electron chi connectivity index (χ2n) is 3.20. The number of aromatic nitrogens is 3. The van der Waals surface area contributed by atoms with Gasteiger partial charge in [-0.2, -0.15) is 0 Å². The molecule has 0 radical (unpaired) electrons. The van der Waals surface area contributed by atoms with Crippen molar-refractivity contribution in [3.63, 3.8) is 0 Å². The summed E-state index contributed by atoms with van der Waals surface area (Å²) in [5.74, 6) is 1.34. The first-order chi connectivity index (χ1) is 8.15. The van der Waals surface area contributed by atoms with Crippen molar-refractivity contribution in [2.75, 3.05) is 5.32 Å². The molecule has 6 nitrogen and oxygen atoms in total. The summed E-state index contributed by atoms with van der Waals surface area (Å²) < 4.78 is 5.88. The lowest BCUT2D eigenvalue weighted by Gasteiger charge is -1.93. The molecular weight excluding hydrogens is 260 g/mol. The Morgan fingerprint density at radius 3 is 3.06 bits per heavy atom. The third-order valence-electron chi connectivity index (χ3n) is 1.87. The molecule has 8 heteroatoms. The molecule has 0 aromatic carbocycles. The molecule has 2 rings (SSSR count). The van der Waals surface area contributed by atoms with Gasteiger partial charge in [-0.25, -0.2) is 4.98 Å². The van der Waals surface area contributed by atoms with Crippen LogP contribution in [-0.2, 0) is 10.5 Å². The highest BCUT2D eigenvalue weighted by Crippen LogP contribution is 2.28. The fraction of sp³-hybridized carbons (Fsp3) is 0.333. The Kier molecular flexibility index (Phi) is 3.75. The summed E-state index contributed by atoms with van der Waals surface area (Å²) in [4.78, 5) is 14.9. The largest absolute Gasteiger partial charge is 0.448 e. The van der Waals surface area contributed by atoms with Crippen molar-refractivity contribution in [2.45, 2.75) is 23.9 Å². The van der Waals surface area contributed by atoms with Gasteiger partial charge in [0.25, 0.3) is 0 Å². The lowest BCUT2D eigenvalue weighted by atomic mass is 10.4. The van der Waals surface area contributed by atoms with Gasteiger partial charge in [0.2, 0.25) is 11.0 Å². The molecule has 0 unspecified atom stereocenters. The quantitative estimate of drug-likeness (QED) is 0.676. The van der Waals surface area contributed by atoms with E-state index in [1.165, 1.54) is 36.4 Å². The maximum Gasteiger partial charge on any atom is 0.223 e. The third kappa shape index (κ3) is 3.27. The highest BCUT2D eigenvalue weighted by atomic mass is 32.2. The van der Waals surface area contributed by atoms with Crippen LogP contribution in [0.15, 0.2) is 15.2 Å². The molecule has 0 aliphatic carbocycles. The van der Waals surface area contributed by atoms with Crippen molar-refractivity contribution in [2.24, 2.45) is 0 Å². The first-order valence-electron chi connectivity index (χ1n) is 4.78. The Balaban J connectivity index is 1.93. The van der Waals surface area contributed by atoms with E-state index in [9.17, 15) is 4.79 Å². The second-order valence-corrected chi connectivity index (χ2v) is 5.40. The Bertz CT molecular complexity index is 523. The van der Waals surface area contributed by atoms with Gasteiger partial charge in [-0.05, 0) is 6.92 Å². The van der Waals surface area contributed by atoms with Gasteiger partial charge >= 0.3 is 0 Å². The highest BCUT2D eigenvalue weighted by Gasteiger charge is 2.08. The number of anilines is 1. The minimum absolute atomic E-state index is 0.148. The molecule has 1 amide bonds. The van der Waals surface area contributed by atoms with E-state index in [4.69, 9.17) is 4.42 Å². The number of rotatable bonds is 4. The highest BCUT2D eigenvalue weighted by molar-refractivity contribution is 8.00. The summed E-state index contributed by atoms with van der Waals surface area (Å²) in [6.45, 7) is 3.30. The summed E-state index contributed by atoms with van der Waals surface area (Å²) in [7, 11) is 0. The van der Waals surface area contributed by atoms with Gasteiger partial charge in [0.15, 0.2) is 10.7 Å². The first-order valence-corrected chi connectivity index (χ1v) is 6.58. The summed E-state index contributed by atoms with van der Waals surface area (Å²) in [5.41, 5.74) is 0.895. The Hall–Kier alpha value is -1.41. The number of hydrogen-bond acceptors (Lipinski definition) is 7. The van der Waals surface area contributed by atoms with Crippen LogP contribution in [0.2, 0.25) is 0 Å². The van der Waals surface area contributed by atoms with Crippen molar-refractivity contribution in [1.29, 1.82) is 0 Å². The van der Waals surface area contributed by atoms with Gasteiger partial charge in [0.05, 0.1) is 5.69 Å². The second kappa shape index (κ2) is 5.28. The van der Waals surface area contributed by atoms with Gasteiger partial charge in [-0.3, -0.25) is 4.79 Å². The standard InChI is InChI=1S/C9H10N4O2S2/c1-5-7(10-4-15-5)3-16-9-13-12-8(17-9)11-6(2)14/h4H,3H2,1-2H3,(H,11,12,14). The van der Waals surface area contributed by atoms with E-state index in [-0.39, 0.29) is 5.91 Å². The van der Waals surface area contributed by atoms with Crippen molar-refractivity contribution in [3.05, 3.63) is 17.8 Å². The fourth-order valence-corrected chi connectivity index (χ4v) is 2.88. The molecule has 0 saturated heterocycles. The van der Waals surface area contributed by atoms with Crippen LogP contribution in [0.1, 0.15) is 18.4 Å². The molecule has 0 saturated carbocycles. The molecule has 2 aromatic rings. The maximum atomic E-state index is 10.8. The third-order valence-corrected chi connectivity index (χ3v) is 3.85. The minimum atomic E-state index is -0.148. The van der Waals surface area contributed by atoms with E-state index in [0.29, 0.717) is 10.9 Å². The van der Waals surface area contributed by atoms with E-state index < -0.39 is 0 Å². The molecule has 0 fully saturated rings. The van der Waals surface area contributed by atoms with E-state index in [2.05, 4.69) is 20.5 Å². The maximum absolute atomic E-state index is 10.8. The van der Waals surface area contributed by atoms with Crippen molar-refractivity contribution >= 4 is 34.1 Å². The fourth-order valence-electron chi connectivity index (χ4n) is 1.07. The molecule has 0 atom stereocenters. The Labute approximate surface area is 106 Å². The number of thioether (sulfide) groups is 1. The number of nitrogens with one attached hydrogen (secondary N) is 1. The number of nitrogens with zero attached hydrogens (tertiary/aromatic N) is 3. The van der Waals surface area contributed by atoms with Gasteiger partial charge in [0.1, 0.15) is 5.76 Å². The SMILES string of the molecule is CC(=O)Nc1nnc(SCc2ncoc2C)s1. The van der Waals surface area contributed by atoms with Crippen LogP contribution in [0.5, 0.6) is 0 Å². The predicted octanol–water partition coefficient (Wildman–Crippen LogP) is 2.09. The number of carbonyl (C=O) groups excluding carboxylic acids is 1. The molecule has 2 aromatic heterocycles. The zero-order valence-electron chi connectivity index (χ0n) is 9.26. The topological polar surface area (TPSA) is 80.9 Å². The molecular formula is C9H10N4O2S2. The molecule has 0 bridgehead atoms. The molecule has 2 heterocycles. The van der Waals surface area contributed by atoms with Crippen LogP contribution in [0, 0.1) is 6.92 Å². The number of aryl methyl sites for hydroxylation is 1. The molecule has 1 N–H and O–H groups in total. The number of carbonyl (C=O) groups is 1. The lowest BCUT2D eigenvalue weighted by Crippen LogP contribution is -2.04. The smallest absolute Gasteiger partial charge is 0.223 e. The molecule has 0 aliphatic heterocycles. The Morgan fingerprint density at radius 2 is 2.41 bits per heavy atom. The normalized spacial score (nSPS) is 10.5. The van der Waals surface area contributed by atoms with Gasteiger partial charge in [-0.15, -0.1) is 10.2 Å². The summed E-state index contributed by atoms with van der Waals surface area (Å²) in [6.07, 6.45) is 1.42. The number of hydrogen-bond donors (Lipinski definition) is 1. The number of oxazole rings is 1. The average molecular weight is 270 g/mol. The average Bonchev–Trinajstić information content (AvgIpc) is 2.84. The van der Waals surface area contributed by atoms with Crippen molar-refractivity contribution < 1.29 is 9.21 Å². The molecule has 0 aliphatic rings. The van der Waals surface area contributed by atoms with Crippen LogP contribution < -0.4 is 5.32 Å². The monoisotopic (exact) mass is 270 g/mol. The minimum Gasteiger partial charge on any atom is -0.448 e. The first kappa shape index (κ1) is 12.1. The van der Waals surface area contributed by atoms with Gasteiger partial charge in [0, 0.05) is 12.7 Å². The van der Waals surface area contributed by atoms with Gasteiger partial charge < -0.3 is 9.73 Å². The van der Waals surface area contributed by atoms with Crippen LogP contribution >= 0.6 is 23.1 Å². The molecule has 0 spiro atoms. The van der Waals surface area contributed by atoms with Gasteiger partial charge in [-0.1, -0.05) is 23.1 Å². The van der Waals surface area contributed by atoms with Crippen molar-refractivity contribution in [3.8, 4) is 0 Å². The zero-order chi connectivity index (χ0) is 12.3. The van der Waals surface area contributed by atoms with Crippen LogP contribution in [0.3, 0.4) is 0 Å².